The molecule has 4 bridgehead atoms. The van der Waals surface area contributed by atoms with Crippen molar-refractivity contribution in [1.82, 2.24) is 19.9 Å². The van der Waals surface area contributed by atoms with Crippen LogP contribution >= 0.6 is 27.5 Å². The minimum absolute atomic E-state index is 0.0835. The summed E-state index contributed by atoms with van der Waals surface area (Å²) in [5, 5.41) is 6.75. The summed E-state index contributed by atoms with van der Waals surface area (Å²) in [4.78, 5) is 17.4. The van der Waals surface area contributed by atoms with Crippen molar-refractivity contribution in [3.05, 3.63) is 51.2 Å². The van der Waals surface area contributed by atoms with Crippen molar-refractivity contribution in [2.75, 3.05) is 6.54 Å². The van der Waals surface area contributed by atoms with Crippen molar-refractivity contribution in [2.24, 2.45) is 23.2 Å². The molecule has 0 aliphatic heterocycles. The van der Waals surface area contributed by atoms with Gasteiger partial charge in [-0.25, -0.2) is 9.50 Å². The Bertz CT molecular complexity index is 1290. The molecule has 2 aromatic heterocycles. The Kier molecular flexibility index (Phi) is 5.45. The van der Waals surface area contributed by atoms with E-state index in [4.69, 9.17) is 11.6 Å². The van der Waals surface area contributed by atoms with Crippen LogP contribution in [0.5, 0.6) is 0 Å². The van der Waals surface area contributed by atoms with Gasteiger partial charge >= 0.3 is 6.18 Å². The number of hydrogen-bond acceptors (Lipinski definition) is 3. The van der Waals surface area contributed by atoms with Crippen LogP contribution in [0.15, 0.2) is 34.8 Å². The molecule has 10 heteroatoms. The van der Waals surface area contributed by atoms with Gasteiger partial charge in [-0.1, -0.05) is 39.7 Å². The van der Waals surface area contributed by atoms with Crippen molar-refractivity contribution in [1.29, 1.82) is 0 Å². The highest BCUT2D eigenvalue weighted by Gasteiger charge is 2.50. The first-order chi connectivity index (χ1) is 16.6. The maximum Gasteiger partial charge on any atom is 0.433 e. The fourth-order valence-corrected chi connectivity index (χ4v) is 7.48. The van der Waals surface area contributed by atoms with Gasteiger partial charge in [-0.2, -0.15) is 18.3 Å². The Morgan fingerprint density at radius 1 is 1.11 bits per heavy atom. The fraction of sp³-hybridized carbons (Fsp3) is 0.480. The van der Waals surface area contributed by atoms with E-state index in [9.17, 15) is 18.0 Å². The molecule has 0 saturated heterocycles. The van der Waals surface area contributed by atoms with E-state index in [0.29, 0.717) is 16.6 Å². The molecular formula is C25H23BrClF3N4O. The van der Waals surface area contributed by atoms with Crippen LogP contribution < -0.4 is 5.32 Å². The van der Waals surface area contributed by atoms with Crippen LogP contribution in [0.4, 0.5) is 13.2 Å². The number of carbonyl (C=O) groups excluding carboxylic acids is 1. The maximum atomic E-state index is 14.0. The molecule has 7 rings (SSSR count). The lowest BCUT2D eigenvalue weighted by atomic mass is 9.49. The minimum Gasteiger partial charge on any atom is -0.350 e. The average Bonchev–Trinajstić information content (AvgIpc) is 3.12. The molecule has 0 unspecified atom stereocenters. The van der Waals surface area contributed by atoms with Gasteiger partial charge < -0.3 is 5.32 Å². The molecule has 4 aliphatic carbocycles. The molecular weight excluding hydrogens is 545 g/mol. The zero-order chi connectivity index (χ0) is 24.5. The van der Waals surface area contributed by atoms with Crippen molar-refractivity contribution in [2.45, 2.75) is 44.7 Å². The highest BCUT2D eigenvalue weighted by atomic mass is 79.9. The molecule has 1 N–H and O–H groups in total. The Morgan fingerprint density at radius 3 is 2.29 bits per heavy atom. The van der Waals surface area contributed by atoms with Crippen LogP contribution in [0.3, 0.4) is 0 Å². The summed E-state index contributed by atoms with van der Waals surface area (Å²) in [6, 6.07) is 7.68. The predicted molar refractivity (Wildman–Crippen MR) is 129 cm³/mol. The van der Waals surface area contributed by atoms with Crippen LogP contribution in [0.2, 0.25) is 5.02 Å². The van der Waals surface area contributed by atoms with Crippen molar-refractivity contribution in [3.63, 3.8) is 0 Å². The van der Waals surface area contributed by atoms with Gasteiger partial charge in [0, 0.05) is 16.6 Å². The molecule has 4 saturated carbocycles. The third-order valence-corrected chi connectivity index (χ3v) is 8.84. The summed E-state index contributed by atoms with van der Waals surface area (Å²) in [5.74, 6) is 1.63. The van der Waals surface area contributed by atoms with E-state index in [0.717, 1.165) is 47.6 Å². The molecule has 4 fully saturated rings. The molecule has 35 heavy (non-hydrogen) atoms. The smallest absolute Gasteiger partial charge is 0.350 e. The number of aromatic nitrogens is 3. The number of benzene rings is 1. The van der Waals surface area contributed by atoms with E-state index in [1.807, 2.05) is 0 Å². The summed E-state index contributed by atoms with van der Waals surface area (Å²) in [6.45, 7) is 0.503. The fourth-order valence-electron chi connectivity index (χ4n) is 6.97. The summed E-state index contributed by atoms with van der Waals surface area (Å²) >= 11 is 9.75. The van der Waals surface area contributed by atoms with Crippen LogP contribution in [0.25, 0.3) is 16.9 Å². The number of halogens is 5. The monoisotopic (exact) mass is 566 g/mol. The highest BCUT2D eigenvalue weighted by Crippen LogP contribution is 2.59. The molecule has 4 aliphatic rings. The number of nitrogens with one attached hydrogen (secondary N) is 1. The number of hydrogen-bond donors (Lipinski definition) is 1. The molecule has 5 nitrogen and oxygen atoms in total. The second kappa shape index (κ2) is 8.20. The summed E-state index contributed by atoms with van der Waals surface area (Å²) in [5.41, 5.74) is -0.796. The van der Waals surface area contributed by atoms with Gasteiger partial charge in [0.05, 0.1) is 5.69 Å². The molecule has 3 aromatic rings. The first-order valence-electron chi connectivity index (χ1n) is 11.8. The molecule has 0 atom stereocenters. The first-order valence-corrected chi connectivity index (χ1v) is 13.0. The third-order valence-electron chi connectivity index (χ3n) is 7.97. The Hall–Kier alpha value is -2.13. The van der Waals surface area contributed by atoms with E-state index in [1.165, 1.54) is 19.3 Å². The number of fused-ring (bicyclic) bond motifs is 1. The number of carbonyl (C=O) groups is 1. The van der Waals surface area contributed by atoms with Crippen LogP contribution in [-0.2, 0) is 6.18 Å². The average molecular weight is 568 g/mol. The van der Waals surface area contributed by atoms with Crippen LogP contribution in [0.1, 0.15) is 54.7 Å². The number of alkyl halides is 3. The summed E-state index contributed by atoms with van der Waals surface area (Å²) in [6.07, 6.45) is 2.47. The second-order valence-corrected chi connectivity index (χ2v) is 11.8. The van der Waals surface area contributed by atoms with E-state index in [2.05, 4.69) is 31.3 Å². The normalized spacial score (nSPS) is 27.5. The lowest BCUT2D eigenvalue weighted by Gasteiger charge is -2.56. The molecule has 0 radical (unpaired) electrons. The van der Waals surface area contributed by atoms with E-state index in [-0.39, 0.29) is 27.5 Å². The summed E-state index contributed by atoms with van der Waals surface area (Å²) in [7, 11) is 0. The molecule has 1 amide bonds. The first kappa shape index (κ1) is 23.3. The Morgan fingerprint density at radius 2 is 1.71 bits per heavy atom. The van der Waals surface area contributed by atoms with Gasteiger partial charge in [0.1, 0.15) is 5.02 Å². The summed E-state index contributed by atoms with van der Waals surface area (Å²) < 4.78 is 43.3. The van der Waals surface area contributed by atoms with E-state index < -0.39 is 17.8 Å². The van der Waals surface area contributed by atoms with E-state index in [1.54, 1.807) is 24.3 Å². The van der Waals surface area contributed by atoms with E-state index >= 15 is 0 Å². The zero-order valence-electron chi connectivity index (χ0n) is 18.7. The van der Waals surface area contributed by atoms with Gasteiger partial charge in [0.2, 0.25) is 0 Å². The van der Waals surface area contributed by atoms with Crippen molar-refractivity contribution < 1.29 is 18.0 Å². The van der Waals surface area contributed by atoms with Crippen LogP contribution in [0, 0.1) is 23.2 Å². The number of amides is 1. The minimum atomic E-state index is -4.71. The lowest BCUT2D eigenvalue weighted by Crippen LogP contribution is -2.51. The Balaban J connectivity index is 1.33. The highest BCUT2D eigenvalue weighted by molar-refractivity contribution is 9.10. The molecule has 0 spiro atoms. The lowest BCUT2D eigenvalue weighted by molar-refractivity contribution is -0.142. The maximum absolute atomic E-state index is 14.0. The predicted octanol–water partition coefficient (Wildman–Crippen LogP) is 6.78. The van der Waals surface area contributed by atoms with Gasteiger partial charge in [0.25, 0.3) is 5.91 Å². The molecule has 2 heterocycles. The Labute approximate surface area is 213 Å². The standard InChI is InChI=1S/C25H23BrClF3N4O/c26-17-3-1-16(2-4-17)18-8-19(25(28,29)30)34-22(32-18)20(27)21(33-34)23(35)31-12-24-9-13-5-14(10-24)7-15(6-13)11-24/h1-4,8,13-15H,5-7,9-12H2,(H,31,35). The van der Waals surface area contributed by atoms with Gasteiger partial charge in [-0.05, 0) is 79.9 Å². The van der Waals surface area contributed by atoms with Crippen molar-refractivity contribution in [3.8, 4) is 11.3 Å². The third kappa shape index (κ3) is 4.14. The quantitative estimate of drug-likeness (QED) is 0.378. The zero-order valence-corrected chi connectivity index (χ0v) is 21.1. The largest absolute Gasteiger partial charge is 0.433 e. The molecule has 184 valence electrons. The molecule has 1 aromatic carbocycles. The van der Waals surface area contributed by atoms with Crippen molar-refractivity contribution >= 4 is 39.1 Å². The SMILES string of the molecule is O=C(NCC12CC3CC(CC(C3)C1)C2)c1nn2c(C(F)(F)F)cc(-c3ccc(Br)cc3)nc2c1Cl. The van der Waals surface area contributed by atoms with Gasteiger partial charge in [0.15, 0.2) is 17.0 Å². The second-order valence-electron chi connectivity index (χ2n) is 10.5. The van der Waals surface area contributed by atoms with Crippen LogP contribution in [-0.4, -0.2) is 27.0 Å². The van der Waals surface area contributed by atoms with Gasteiger partial charge in [-0.15, -0.1) is 0 Å². The number of rotatable bonds is 4. The topological polar surface area (TPSA) is 59.3 Å². The number of nitrogens with zero attached hydrogens (tertiary/aromatic N) is 3. The van der Waals surface area contributed by atoms with Gasteiger partial charge in [-0.3, -0.25) is 4.79 Å².